The molecule has 6 nitrogen and oxygen atoms in total. The zero-order valence-electron chi connectivity index (χ0n) is 19.9. The van der Waals surface area contributed by atoms with Gasteiger partial charge < -0.3 is 15.1 Å². The lowest BCUT2D eigenvalue weighted by atomic mass is 9.83. The summed E-state index contributed by atoms with van der Waals surface area (Å²) in [5, 5.41) is 2.93. The molecule has 1 N–H and O–H groups in total. The highest BCUT2D eigenvalue weighted by atomic mass is 16.2. The van der Waals surface area contributed by atoms with E-state index in [1.54, 1.807) is 17.0 Å². The molecule has 1 aliphatic carbocycles. The summed E-state index contributed by atoms with van der Waals surface area (Å²) in [6, 6.07) is 15.4. The van der Waals surface area contributed by atoms with E-state index in [9.17, 15) is 9.59 Å². The maximum Gasteiger partial charge on any atom is 0.272 e. The van der Waals surface area contributed by atoms with Crippen molar-refractivity contribution >= 4 is 28.9 Å². The standard InChI is InChI=1S/C27H34N4O2/c1-4-18-31-23-13-9-8-12-22(23)24(19-10-6-5-7-11-19)28-25(27(31)33)29-26(32)20-14-16-21(17-15-20)30(2)3/h8-9,12-17,19,25H,4-7,10-11,18H2,1-3H3,(H,29,32). The summed E-state index contributed by atoms with van der Waals surface area (Å²) in [4.78, 5) is 35.5. The molecular weight excluding hydrogens is 412 g/mol. The summed E-state index contributed by atoms with van der Waals surface area (Å²) in [6.45, 7) is 2.65. The average molecular weight is 447 g/mol. The molecule has 1 fully saturated rings. The van der Waals surface area contributed by atoms with Crippen LogP contribution >= 0.6 is 0 Å². The van der Waals surface area contributed by atoms with E-state index in [2.05, 4.69) is 18.3 Å². The SMILES string of the molecule is CCCN1C(=O)C(NC(=O)c2ccc(N(C)C)cc2)N=C(C2CCCCC2)c2ccccc21. The Labute approximate surface area is 196 Å². The van der Waals surface area contributed by atoms with Crippen molar-refractivity contribution in [1.29, 1.82) is 0 Å². The van der Waals surface area contributed by atoms with Crippen molar-refractivity contribution < 1.29 is 9.59 Å². The molecule has 33 heavy (non-hydrogen) atoms. The Kier molecular flexibility index (Phi) is 7.11. The molecule has 0 saturated heterocycles. The van der Waals surface area contributed by atoms with E-state index >= 15 is 0 Å². The fourth-order valence-corrected chi connectivity index (χ4v) is 4.82. The molecule has 2 aliphatic rings. The van der Waals surface area contributed by atoms with Crippen molar-refractivity contribution in [2.24, 2.45) is 10.9 Å². The van der Waals surface area contributed by atoms with Crippen LogP contribution in [-0.4, -0.2) is 44.3 Å². The Balaban J connectivity index is 1.69. The molecule has 0 radical (unpaired) electrons. The third kappa shape index (κ3) is 4.95. The average Bonchev–Trinajstić information content (AvgIpc) is 2.95. The van der Waals surface area contributed by atoms with Gasteiger partial charge in [-0.25, -0.2) is 0 Å². The molecule has 0 aromatic heterocycles. The number of hydrogen-bond acceptors (Lipinski definition) is 4. The summed E-state index contributed by atoms with van der Waals surface area (Å²) in [6.07, 6.45) is 5.63. The van der Waals surface area contributed by atoms with Gasteiger partial charge in [-0.3, -0.25) is 14.6 Å². The van der Waals surface area contributed by atoms with Crippen LogP contribution in [0.25, 0.3) is 0 Å². The first kappa shape index (κ1) is 23.0. The zero-order chi connectivity index (χ0) is 23.4. The van der Waals surface area contributed by atoms with Crippen molar-refractivity contribution in [2.75, 3.05) is 30.4 Å². The van der Waals surface area contributed by atoms with Gasteiger partial charge in [0, 0.05) is 43.4 Å². The first-order valence-electron chi connectivity index (χ1n) is 12.1. The van der Waals surface area contributed by atoms with Crippen LogP contribution < -0.4 is 15.1 Å². The summed E-state index contributed by atoms with van der Waals surface area (Å²) in [7, 11) is 3.92. The normalized spacial score (nSPS) is 18.9. The molecule has 1 saturated carbocycles. The number of rotatable bonds is 6. The number of carbonyl (C=O) groups is 2. The number of nitrogens with zero attached hydrogens (tertiary/aromatic N) is 3. The quantitative estimate of drug-likeness (QED) is 0.703. The Hall–Kier alpha value is -3.15. The van der Waals surface area contributed by atoms with Crippen molar-refractivity contribution in [3.05, 3.63) is 59.7 Å². The smallest absolute Gasteiger partial charge is 0.272 e. The predicted molar refractivity (Wildman–Crippen MR) is 134 cm³/mol. The van der Waals surface area contributed by atoms with Crippen molar-refractivity contribution in [1.82, 2.24) is 5.32 Å². The van der Waals surface area contributed by atoms with Crippen LogP contribution in [0.1, 0.15) is 61.4 Å². The number of hydrogen-bond donors (Lipinski definition) is 1. The minimum absolute atomic E-state index is 0.173. The second kappa shape index (κ2) is 10.2. The van der Waals surface area contributed by atoms with Gasteiger partial charge in [0.05, 0.1) is 11.4 Å². The molecule has 2 amide bonds. The Bertz CT molecular complexity index is 1020. The van der Waals surface area contributed by atoms with E-state index in [1.807, 2.05) is 49.3 Å². The Morgan fingerprint density at radius 1 is 1.06 bits per heavy atom. The molecule has 1 heterocycles. The van der Waals surface area contributed by atoms with Crippen LogP contribution in [0, 0.1) is 5.92 Å². The fraction of sp³-hybridized carbons (Fsp3) is 0.444. The third-order valence-corrected chi connectivity index (χ3v) is 6.59. The molecule has 6 heteroatoms. The lowest BCUT2D eigenvalue weighted by molar-refractivity contribution is -0.120. The number of carbonyl (C=O) groups excluding carboxylic acids is 2. The predicted octanol–water partition coefficient (Wildman–Crippen LogP) is 4.63. The van der Waals surface area contributed by atoms with Crippen molar-refractivity contribution in [2.45, 2.75) is 51.6 Å². The second-order valence-electron chi connectivity index (χ2n) is 9.17. The molecule has 0 spiro atoms. The maximum absolute atomic E-state index is 13.6. The number of fused-ring (bicyclic) bond motifs is 1. The van der Waals surface area contributed by atoms with Gasteiger partial charge >= 0.3 is 0 Å². The van der Waals surface area contributed by atoms with E-state index < -0.39 is 6.17 Å². The van der Waals surface area contributed by atoms with Crippen molar-refractivity contribution in [3.8, 4) is 0 Å². The van der Waals surface area contributed by atoms with E-state index in [0.29, 0.717) is 18.0 Å². The second-order valence-corrected chi connectivity index (χ2v) is 9.17. The highest BCUT2D eigenvalue weighted by Crippen LogP contribution is 2.34. The first-order valence-corrected chi connectivity index (χ1v) is 12.1. The highest BCUT2D eigenvalue weighted by molar-refractivity contribution is 6.14. The third-order valence-electron chi connectivity index (χ3n) is 6.59. The molecule has 2 aromatic carbocycles. The van der Waals surface area contributed by atoms with Gasteiger partial charge in [-0.2, -0.15) is 0 Å². The van der Waals surface area contributed by atoms with E-state index in [1.165, 1.54) is 19.3 Å². The molecular formula is C27H34N4O2. The number of para-hydroxylation sites is 1. The van der Waals surface area contributed by atoms with Crippen LogP contribution in [0.2, 0.25) is 0 Å². The number of benzene rings is 2. The fourth-order valence-electron chi connectivity index (χ4n) is 4.82. The van der Waals surface area contributed by atoms with Crippen LogP contribution in [0.5, 0.6) is 0 Å². The van der Waals surface area contributed by atoms with E-state index in [-0.39, 0.29) is 11.8 Å². The lowest BCUT2D eigenvalue weighted by Crippen LogP contribution is -2.47. The first-order chi connectivity index (χ1) is 16.0. The van der Waals surface area contributed by atoms with Crippen LogP contribution in [0.15, 0.2) is 53.5 Å². The molecule has 2 aromatic rings. The lowest BCUT2D eigenvalue weighted by Gasteiger charge is -2.26. The molecule has 1 atom stereocenters. The minimum atomic E-state index is -0.929. The summed E-state index contributed by atoms with van der Waals surface area (Å²) >= 11 is 0. The van der Waals surface area contributed by atoms with Crippen LogP contribution in [0.3, 0.4) is 0 Å². The van der Waals surface area contributed by atoms with Gasteiger partial charge in [0.2, 0.25) is 6.17 Å². The van der Waals surface area contributed by atoms with Gasteiger partial charge in [0.15, 0.2) is 0 Å². The van der Waals surface area contributed by atoms with Crippen molar-refractivity contribution in [3.63, 3.8) is 0 Å². The number of aliphatic imine (C=N–C) groups is 1. The van der Waals surface area contributed by atoms with Gasteiger partial charge in [-0.1, -0.05) is 44.4 Å². The summed E-state index contributed by atoms with van der Waals surface area (Å²) in [5.74, 6) is -0.144. The monoisotopic (exact) mass is 446 g/mol. The Morgan fingerprint density at radius 3 is 2.42 bits per heavy atom. The summed E-state index contributed by atoms with van der Waals surface area (Å²) in [5.41, 5.74) is 4.43. The largest absolute Gasteiger partial charge is 0.378 e. The molecule has 4 rings (SSSR count). The number of benzodiazepines with no additional fused rings is 1. The molecule has 0 bridgehead atoms. The van der Waals surface area contributed by atoms with Crippen LogP contribution in [0.4, 0.5) is 11.4 Å². The van der Waals surface area contributed by atoms with E-state index in [0.717, 1.165) is 41.9 Å². The van der Waals surface area contributed by atoms with Gasteiger partial charge in [-0.05, 0) is 49.6 Å². The topological polar surface area (TPSA) is 65.0 Å². The maximum atomic E-state index is 13.6. The van der Waals surface area contributed by atoms with Crippen LogP contribution in [-0.2, 0) is 4.79 Å². The van der Waals surface area contributed by atoms with Gasteiger partial charge in [-0.15, -0.1) is 0 Å². The number of amides is 2. The van der Waals surface area contributed by atoms with Gasteiger partial charge in [0.25, 0.3) is 11.8 Å². The van der Waals surface area contributed by atoms with Gasteiger partial charge in [0.1, 0.15) is 0 Å². The van der Waals surface area contributed by atoms with E-state index in [4.69, 9.17) is 4.99 Å². The minimum Gasteiger partial charge on any atom is -0.378 e. The number of anilines is 2. The molecule has 174 valence electrons. The highest BCUT2D eigenvalue weighted by Gasteiger charge is 2.34. The summed E-state index contributed by atoms with van der Waals surface area (Å²) < 4.78 is 0. The molecule has 1 unspecified atom stereocenters. The molecule has 1 aliphatic heterocycles. The number of nitrogens with one attached hydrogen (secondary N) is 1. The Morgan fingerprint density at radius 2 is 1.76 bits per heavy atom. The zero-order valence-corrected chi connectivity index (χ0v) is 19.9.